The van der Waals surface area contributed by atoms with Crippen LogP contribution >= 0.6 is 0 Å². The summed E-state index contributed by atoms with van der Waals surface area (Å²) >= 11 is 0. The fraction of sp³-hybridized carbons (Fsp3) is 0.762. The van der Waals surface area contributed by atoms with Gasteiger partial charge in [-0.15, -0.1) is 0 Å². The average molecular weight is 788 g/mol. The number of aryl methyl sites for hydroxylation is 1. The van der Waals surface area contributed by atoms with Crippen molar-refractivity contribution in [2.45, 2.75) is 147 Å². The molecule has 14 heteroatoms. The van der Waals surface area contributed by atoms with Crippen LogP contribution in [0.4, 0.5) is 0 Å². The zero-order chi connectivity index (χ0) is 41.6. The van der Waals surface area contributed by atoms with Gasteiger partial charge in [0.25, 0.3) is 0 Å². The fourth-order valence-electron chi connectivity index (χ4n) is 8.95. The summed E-state index contributed by atoms with van der Waals surface area (Å²) in [6.45, 7) is 12.8. The molecule has 0 spiro atoms. The Hall–Kier alpha value is -3.14. The van der Waals surface area contributed by atoms with Gasteiger partial charge in [-0.25, -0.2) is 0 Å². The third kappa shape index (κ3) is 11.1. The Labute approximate surface area is 333 Å². The van der Waals surface area contributed by atoms with Crippen molar-refractivity contribution in [1.82, 2.24) is 25.3 Å². The van der Waals surface area contributed by atoms with Gasteiger partial charge in [0.05, 0.1) is 29.8 Å². The molecule has 3 aliphatic rings. The molecule has 0 aromatic heterocycles. The van der Waals surface area contributed by atoms with Crippen molar-refractivity contribution in [3.8, 4) is 0 Å². The van der Waals surface area contributed by atoms with Crippen LogP contribution in [-0.2, 0) is 35.1 Å². The van der Waals surface area contributed by atoms with E-state index in [1.54, 1.807) is 32.7 Å². The quantitative estimate of drug-likeness (QED) is 0.274. The molecule has 5 N–H and O–H groups in total. The summed E-state index contributed by atoms with van der Waals surface area (Å²) in [6.07, 6.45) is -2.48. The molecule has 1 unspecified atom stereocenters. The third-order valence-corrected chi connectivity index (χ3v) is 12.1. The Balaban J connectivity index is 1.73. The molecule has 14 nitrogen and oxygen atoms in total. The Morgan fingerprint density at radius 3 is 2.27 bits per heavy atom. The number of nitrogens with one attached hydrogen (secondary N) is 2. The number of amides is 4. The minimum absolute atomic E-state index is 0.118. The predicted molar refractivity (Wildman–Crippen MR) is 212 cm³/mol. The maximum absolute atomic E-state index is 14.2. The van der Waals surface area contributed by atoms with E-state index in [0.717, 1.165) is 5.56 Å². The van der Waals surface area contributed by atoms with Gasteiger partial charge >= 0.3 is 0 Å². The maximum Gasteiger partial charge on any atom is 0.244 e. The van der Waals surface area contributed by atoms with E-state index in [0.29, 0.717) is 38.6 Å². The summed E-state index contributed by atoms with van der Waals surface area (Å²) in [5.74, 6) is -4.20. The van der Waals surface area contributed by atoms with Crippen LogP contribution in [0.2, 0.25) is 0 Å². The Morgan fingerprint density at radius 2 is 1.64 bits per heavy atom. The minimum Gasteiger partial charge on any atom is -0.392 e. The second-order valence-corrected chi connectivity index (χ2v) is 17.7. The van der Waals surface area contributed by atoms with Gasteiger partial charge in [-0.3, -0.25) is 19.2 Å². The van der Waals surface area contributed by atoms with Gasteiger partial charge in [0.1, 0.15) is 24.2 Å². The highest BCUT2D eigenvalue weighted by molar-refractivity contribution is 5.94. The molecule has 3 fully saturated rings. The van der Waals surface area contributed by atoms with Crippen LogP contribution in [0.5, 0.6) is 0 Å². The number of carbonyl (C=O) groups is 4. The summed E-state index contributed by atoms with van der Waals surface area (Å²) in [6, 6.07) is 6.65. The van der Waals surface area contributed by atoms with Crippen molar-refractivity contribution in [3.63, 3.8) is 0 Å². The van der Waals surface area contributed by atoms with Gasteiger partial charge in [0.2, 0.25) is 23.6 Å². The Morgan fingerprint density at radius 1 is 0.982 bits per heavy atom. The number of hydrogen-bond acceptors (Lipinski definition) is 10. The van der Waals surface area contributed by atoms with Crippen LogP contribution in [-0.4, -0.2) is 148 Å². The molecule has 316 valence electrons. The number of ether oxygens (including phenoxy) is 2. The van der Waals surface area contributed by atoms with E-state index in [1.807, 2.05) is 77.0 Å². The van der Waals surface area contributed by atoms with Crippen molar-refractivity contribution in [2.75, 3.05) is 34.2 Å². The first-order valence-electron chi connectivity index (χ1n) is 20.5. The van der Waals surface area contributed by atoms with Crippen molar-refractivity contribution in [2.24, 2.45) is 23.7 Å². The number of carbonyl (C=O) groups excluding carboxylic acids is 4. The number of aliphatic hydroxyl groups excluding tert-OH is 2. The SMILES string of the molecule is CC(C)C1NC(=O)[C@@H]2CCCN2C(=O)[C@H](C)[C@@H](O)[C@H](C)[C@@H](O[C@@H]2O[C@H](C)C[C@H](N(C)C)[C@H]2O)[C@](C)(O)C[C@@H](C)CN(C)C(=O)[C@@H](CCc2ccccc2)NC1=O. The number of benzene rings is 1. The number of rotatable bonds is 7. The summed E-state index contributed by atoms with van der Waals surface area (Å²) in [5.41, 5.74) is -0.638. The van der Waals surface area contributed by atoms with Gasteiger partial charge in [0, 0.05) is 32.1 Å². The lowest BCUT2D eigenvalue weighted by molar-refractivity contribution is -0.299. The molecule has 0 saturated carbocycles. The van der Waals surface area contributed by atoms with Crippen molar-refractivity contribution in [1.29, 1.82) is 0 Å². The average Bonchev–Trinajstić information content (AvgIpc) is 3.63. The number of aliphatic hydroxyl groups is 3. The van der Waals surface area contributed by atoms with Crippen molar-refractivity contribution >= 4 is 23.6 Å². The molecule has 0 radical (unpaired) electrons. The predicted octanol–water partition coefficient (Wildman–Crippen LogP) is 1.93. The van der Waals surface area contributed by atoms with Gasteiger partial charge in [-0.1, -0.05) is 65.0 Å². The highest BCUT2D eigenvalue weighted by atomic mass is 16.7. The molecule has 56 heavy (non-hydrogen) atoms. The first kappa shape index (κ1) is 45.6. The molecule has 0 bridgehead atoms. The fourth-order valence-corrected chi connectivity index (χ4v) is 8.95. The number of hydrogen-bond donors (Lipinski definition) is 5. The molecule has 0 aliphatic carbocycles. The third-order valence-electron chi connectivity index (χ3n) is 12.1. The van der Waals surface area contributed by atoms with Crippen molar-refractivity contribution < 1.29 is 44.0 Å². The van der Waals surface area contributed by atoms with E-state index < -0.39 is 77.9 Å². The largest absolute Gasteiger partial charge is 0.392 e. The van der Waals surface area contributed by atoms with E-state index in [4.69, 9.17) is 9.47 Å². The summed E-state index contributed by atoms with van der Waals surface area (Å²) < 4.78 is 12.7. The molecule has 13 atom stereocenters. The lowest BCUT2D eigenvalue weighted by atomic mass is 9.77. The lowest BCUT2D eigenvalue weighted by Gasteiger charge is -2.46. The summed E-state index contributed by atoms with van der Waals surface area (Å²) in [5, 5.41) is 41.5. The second-order valence-electron chi connectivity index (χ2n) is 17.7. The highest BCUT2D eigenvalue weighted by Crippen LogP contribution is 2.36. The smallest absolute Gasteiger partial charge is 0.244 e. The Kier molecular flexibility index (Phi) is 15.9. The first-order chi connectivity index (χ1) is 26.2. The van der Waals surface area contributed by atoms with Crippen LogP contribution < -0.4 is 10.6 Å². The summed E-state index contributed by atoms with van der Waals surface area (Å²) in [7, 11) is 5.39. The standard InChI is InChI=1S/C42H69N5O9/c1-24(2)33-38(51)43-30(19-18-29-15-12-11-13-16-29)40(53)46(10)23-25(3)22-42(7,54)36(56-41-35(49)32(45(8)9)21-26(4)55-41)27(5)34(48)28(6)39(52)47-20-14-17-31(47)37(50)44-33/h11-13,15-16,24-28,30-36,41,48-49,54H,14,17-23H2,1-10H3,(H,43,51)(H,44,50)/t25-,26-,27+,28-,30-,31+,32+,33?,34+,35-,36-,41+,42-/m1/s1. The molecule has 1 aromatic rings. The molecular weight excluding hydrogens is 718 g/mol. The Bertz CT molecular complexity index is 1480. The number of likely N-dealkylation sites (N-methyl/N-ethyl adjacent to an activating group) is 2. The van der Waals surface area contributed by atoms with E-state index >= 15 is 0 Å². The van der Waals surface area contributed by atoms with Crippen LogP contribution in [0.1, 0.15) is 86.1 Å². The van der Waals surface area contributed by atoms with Crippen LogP contribution in [0, 0.1) is 23.7 Å². The maximum atomic E-state index is 14.2. The van der Waals surface area contributed by atoms with Crippen LogP contribution in [0.25, 0.3) is 0 Å². The van der Waals surface area contributed by atoms with Crippen molar-refractivity contribution in [3.05, 3.63) is 35.9 Å². The topological polar surface area (TPSA) is 181 Å². The first-order valence-corrected chi connectivity index (χ1v) is 20.5. The number of fused-ring (bicyclic) bond motifs is 1. The molecule has 1 aromatic carbocycles. The van der Waals surface area contributed by atoms with Crippen LogP contribution in [0.15, 0.2) is 30.3 Å². The molecule has 3 aliphatic heterocycles. The van der Waals surface area contributed by atoms with Gasteiger partial charge in [-0.05, 0) is 83.9 Å². The van der Waals surface area contributed by atoms with Gasteiger partial charge in [-0.2, -0.15) is 0 Å². The van der Waals surface area contributed by atoms with E-state index in [9.17, 15) is 34.5 Å². The zero-order valence-electron chi connectivity index (χ0n) is 35.2. The highest BCUT2D eigenvalue weighted by Gasteiger charge is 2.49. The second kappa shape index (κ2) is 19.5. The van der Waals surface area contributed by atoms with Gasteiger partial charge in [0.15, 0.2) is 6.29 Å². The molecule has 3 heterocycles. The number of nitrogens with zero attached hydrogens (tertiary/aromatic N) is 3. The van der Waals surface area contributed by atoms with Gasteiger partial charge < -0.3 is 50.1 Å². The molecule has 4 amide bonds. The molecule has 4 rings (SSSR count). The normalized spacial score (nSPS) is 37.5. The van der Waals surface area contributed by atoms with Crippen LogP contribution in [0.3, 0.4) is 0 Å². The molecular formula is C42H69N5O9. The zero-order valence-corrected chi connectivity index (χ0v) is 35.2. The summed E-state index contributed by atoms with van der Waals surface area (Å²) in [4.78, 5) is 61.2. The van der Waals surface area contributed by atoms with E-state index in [-0.39, 0.29) is 42.9 Å². The van der Waals surface area contributed by atoms with E-state index in [1.165, 1.54) is 4.90 Å². The monoisotopic (exact) mass is 788 g/mol. The van der Waals surface area contributed by atoms with E-state index in [2.05, 4.69) is 10.6 Å². The molecule has 3 saturated heterocycles. The lowest BCUT2D eigenvalue weighted by Crippen LogP contribution is -2.59. The minimum atomic E-state index is -1.64.